The predicted molar refractivity (Wildman–Crippen MR) is 118 cm³/mol. The van der Waals surface area contributed by atoms with E-state index >= 15 is 0 Å². The molecule has 0 spiro atoms. The van der Waals surface area contributed by atoms with Crippen LogP contribution in [0.1, 0.15) is 31.4 Å². The third kappa shape index (κ3) is 5.81. The molecule has 2 aromatic carbocycles. The normalized spacial score (nSPS) is 13.9. The largest absolute Gasteiger partial charge is 0.495 e. The van der Waals surface area contributed by atoms with Crippen molar-refractivity contribution in [1.82, 2.24) is 5.32 Å². The number of nitrogens with zero attached hydrogens (tertiary/aromatic N) is 1. The van der Waals surface area contributed by atoms with Gasteiger partial charge in [0.05, 0.1) is 25.1 Å². The molecule has 1 atom stereocenters. The number of fused-ring (bicyclic) bond motifs is 1. The van der Waals surface area contributed by atoms with Crippen molar-refractivity contribution in [3.8, 4) is 17.2 Å². The molecular weight excluding hydrogens is 420 g/mol. The molecule has 1 N–H and O–H groups in total. The van der Waals surface area contributed by atoms with Crippen molar-refractivity contribution in [3.05, 3.63) is 48.0 Å². The maximum absolute atomic E-state index is 12.4. The number of carbonyl (C=O) groups is 1. The number of anilines is 1. The van der Waals surface area contributed by atoms with Gasteiger partial charge in [0.1, 0.15) is 19.0 Å². The fourth-order valence-electron chi connectivity index (χ4n) is 3.41. The molecule has 1 amide bonds. The molecule has 0 unspecified atom stereocenters. The molecular formula is C22H28N2O6S. The third-order valence-electron chi connectivity index (χ3n) is 4.96. The summed E-state index contributed by atoms with van der Waals surface area (Å²) in [5.41, 5.74) is 1.36. The standard InChI is InChI=1S/C22H28N2O6S/c1-16(17-10-11-20-21(15-17)30-14-13-29-20)23-22(25)9-6-12-24(31(3,26)27)18-7-4-5-8-19(18)28-2/h4-5,7-8,10-11,15-16H,6,9,12-14H2,1-3H3,(H,23,25)/t16-/m0/s1. The lowest BCUT2D eigenvalue weighted by atomic mass is 10.1. The highest BCUT2D eigenvalue weighted by Gasteiger charge is 2.21. The van der Waals surface area contributed by atoms with Gasteiger partial charge in [0.2, 0.25) is 15.9 Å². The Hall–Kier alpha value is -2.94. The summed E-state index contributed by atoms with van der Waals surface area (Å²) in [4.78, 5) is 12.4. The van der Waals surface area contributed by atoms with Crippen LogP contribution in [-0.2, 0) is 14.8 Å². The van der Waals surface area contributed by atoms with Gasteiger partial charge in [0, 0.05) is 13.0 Å². The van der Waals surface area contributed by atoms with Crippen LogP contribution >= 0.6 is 0 Å². The van der Waals surface area contributed by atoms with E-state index in [0.29, 0.717) is 42.6 Å². The second kappa shape index (κ2) is 9.91. The minimum absolute atomic E-state index is 0.157. The highest BCUT2D eigenvalue weighted by molar-refractivity contribution is 7.92. The number of hydrogen-bond acceptors (Lipinski definition) is 6. The maximum Gasteiger partial charge on any atom is 0.232 e. The SMILES string of the molecule is COc1ccccc1N(CCCC(=O)N[C@@H](C)c1ccc2c(c1)OCCO2)S(C)(=O)=O. The lowest BCUT2D eigenvalue weighted by Gasteiger charge is -2.24. The van der Waals surface area contributed by atoms with E-state index in [2.05, 4.69) is 5.32 Å². The topological polar surface area (TPSA) is 94.2 Å². The van der Waals surface area contributed by atoms with Gasteiger partial charge in [-0.05, 0) is 43.2 Å². The Bertz CT molecular complexity index is 1020. The number of benzene rings is 2. The molecule has 9 heteroatoms. The van der Waals surface area contributed by atoms with E-state index < -0.39 is 10.0 Å². The Labute approximate surface area is 183 Å². The summed E-state index contributed by atoms with van der Waals surface area (Å²) in [5.74, 6) is 1.68. The zero-order valence-corrected chi connectivity index (χ0v) is 18.8. The number of sulfonamides is 1. The van der Waals surface area contributed by atoms with Crippen LogP contribution < -0.4 is 23.8 Å². The zero-order valence-electron chi connectivity index (χ0n) is 18.0. The number of carbonyl (C=O) groups excluding carboxylic acids is 1. The van der Waals surface area contributed by atoms with Gasteiger partial charge in [0.15, 0.2) is 11.5 Å². The van der Waals surface area contributed by atoms with Crippen LogP contribution in [0.25, 0.3) is 0 Å². The summed E-state index contributed by atoms with van der Waals surface area (Å²) in [7, 11) is -2.04. The van der Waals surface area contributed by atoms with Crippen molar-refractivity contribution in [2.75, 3.05) is 37.4 Å². The van der Waals surface area contributed by atoms with Gasteiger partial charge < -0.3 is 19.5 Å². The van der Waals surface area contributed by atoms with Crippen LogP contribution in [0.2, 0.25) is 0 Å². The quantitative estimate of drug-likeness (QED) is 0.634. The van der Waals surface area contributed by atoms with Gasteiger partial charge in [-0.25, -0.2) is 8.42 Å². The minimum atomic E-state index is -3.53. The molecule has 0 aromatic heterocycles. The monoisotopic (exact) mass is 448 g/mol. The first kappa shape index (κ1) is 22.7. The zero-order chi connectivity index (χ0) is 22.4. The molecule has 0 bridgehead atoms. The lowest BCUT2D eigenvalue weighted by molar-refractivity contribution is -0.121. The lowest BCUT2D eigenvalue weighted by Crippen LogP contribution is -2.33. The van der Waals surface area contributed by atoms with Gasteiger partial charge >= 0.3 is 0 Å². The summed E-state index contributed by atoms with van der Waals surface area (Å²) in [6.07, 6.45) is 1.70. The van der Waals surface area contributed by atoms with Gasteiger partial charge in [-0.1, -0.05) is 18.2 Å². The molecule has 2 aromatic rings. The van der Waals surface area contributed by atoms with Crippen LogP contribution in [0.4, 0.5) is 5.69 Å². The summed E-state index contributed by atoms with van der Waals surface area (Å²) in [5, 5.41) is 2.95. The van der Waals surface area contributed by atoms with E-state index in [4.69, 9.17) is 14.2 Å². The van der Waals surface area contributed by atoms with Crippen LogP contribution in [0.15, 0.2) is 42.5 Å². The number of methoxy groups -OCH3 is 1. The van der Waals surface area contributed by atoms with E-state index in [1.165, 1.54) is 11.4 Å². The van der Waals surface area contributed by atoms with Gasteiger partial charge in [0.25, 0.3) is 0 Å². The van der Waals surface area contributed by atoms with Crippen molar-refractivity contribution in [3.63, 3.8) is 0 Å². The van der Waals surface area contributed by atoms with Crippen molar-refractivity contribution in [1.29, 1.82) is 0 Å². The first-order chi connectivity index (χ1) is 14.8. The Morgan fingerprint density at radius 3 is 2.58 bits per heavy atom. The van der Waals surface area contributed by atoms with Gasteiger partial charge in [-0.3, -0.25) is 9.10 Å². The Morgan fingerprint density at radius 1 is 1.16 bits per heavy atom. The molecule has 8 nitrogen and oxygen atoms in total. The van der Waals surface area contributed by atoms with Crippen LogP contribution in [0.3, 0.4) is 0 Å². The van der Waals surface area contributed by atoms with Crippen molar-refractivity contribution < 1.29 is 27.4 Å². The van der Waals surface area contributed by atoms with Crippen LogP contribution in [-0.4, -0.2) is 47.4 Å². The number of rotatable bonds is 9. The summed E-state index contributed by atoms with van der Waals surface area (Å²) >= 11 is 0. The molecule has 1 heterocycles. The average Bonchev–Trinajstić information content (AvgIpc) is 2.75. The first-order valence-electron chi connectivity index (χ1n) is 10.1. The third-order valence-corrected chi connectivity index (χ3v) is 6.14. The highest BCUT2D eigenvalue weighted by Crippen LogP contribution is 2.33. The van der Waals surface area contributed by atoms with Gasteiger partial charge in [-0.15, -0.1) is 0 Å². The van der Waals surface area contributed by atoms with E-state index in [-0.39, 0.29) is 24.9 Å². The average molecular weight is 449 g/mol. The molecule has 1 aliphatic heterocycles. The smallest absolute Gasteiger partial charge is 0.232 e. The number of ether oxygens (including phenoxy) is 3. The number of amides is 1. The minimum Gasteiger partial charge on any atom is -0.495 e. The fraction of sp³-hybridized carbons (Fsp3) is 0.409. The number of hydrogen-bond donors (Lipinski definition) is 1. The first-order valence-corrected chi connectivity index (χ1v) is 11.9. The number of para-hydroxylation sites is 2. The summed E-state index contributed by atoms with van der Waals surface area (Å²) < 4.78 is 42.3. The Morgan fingerprint density at radius 2 is 1.87 bits per heavy atom. The molecule has 0 saturated carbocycles. The predicted octanol–water partition coefficient (Wildman–Crippen LogP) is 2.89. The molecule has 0 aliphatic carbocycles. The summed E-state index contributed by atoms with van der Waals surface area (Å²) in [6, 6.07) is 12.3. The number of nitrogens with one attached hydrogen (secondary N) is 1. The van der Waals surface area contributed by atoms with Crippen molar-refractivity contribution >= 4 is 21.6 Å². The maximum atomic E-state index is 12.4. The fourth-order valence-corrected chi connectivity index (χ4v) is 4.38. The molecule has 31 heavy (non-hydrogen) atoms. The Balaban J connectivity index is 1.58. The van der Waals surface area contributed by atoms with Crippen LogP contribution in [0.5, 0.6) is 17.2 Å². The molecule has 168 valence electrons. The molecule has 0 fully saturated rings. The Kier molecular flexibility index (Phi) is 7.27. The van der Waals surface area contributed by atoms with Crippen LogP contribution in [0, 0.1) is 0 Å². The van der Waals surface area contributed by atoms with E-state index in [1.54, 1.807) is 24.3 Å². The van der Waals surface area contributed by atoms with Crippen molar-refractivity contribution in [2.45, 2.75) is 25.8 Å². The molecule has 0 saturated heterocycles. The van der Waals surface area contributed by atoms with E-state index in [1.807, 2.05) is 25.1 Å². The van der Waals surface area contributed by atoms with Gasteiger partial charge in [-0.2, -0.15) is 0 Å². The second-order valence-electron chi connectivity index (χ2n) is 7.30. The molecule has 1 aliphatic rings. The highest BCUT2D eigenvalue weighted by atomic mass is 32.2. The molecule has 3 rings (SSSR count). The second-order valence-corrected chi connectivity index (χ2v) is 9.21. The summed E-state index contributed by atoms with van der Waals surface area (Å²) in [6.45, 7) is 3.09. The van der Waals surface area contributed by atoms with E-state index in [0.717, 1.165) is 11.8 Å². The molecule has 0 radical (unpaired) electrons. The van der Waals surface area contributed by atoms with Crippen molar-refractivity contribution in [2.24, 2.45) is 0 Å². The van der Waals surface area contributed by atoms with E-state index in [9.17, 15) is 13.2 Å².